The molecule has 2 amide bonds. The van der Waals surface area contributed by atoms with Crippen LogP contribution in [-0.4, -0.2) is 56.5 Å². The number of rotatable bonds is 6. The molecule has 0 bridgehead atoms. The Balaban J connectivity index is 1.39. The van der Waals surface area contributed by atoms with Crippen molar-refractivity contribution in [1.29, 1.82) is 0 Å². The number of carbonyl (C=O) groups is 2. The molecule has 0 spiro atoms. The Morgan fingerprint density at radius 3 is 2.29 bits per heavy atom. The minimum Gasteiger partial charge on any atom is -0.497 e. The highest BCUT2D eigenvalue weighted by atomic mass is 16.5. The first-order chi connectivity index (χ1) is 13.7. The quantitative estimate of drug-likeness (QED) is 0.615. The van der Waals surface area contributed by atoms with Crippen LogP contribution in [0.15, 0.2) is 54.6 Å². The van der Waals surface area contributed by atoms with Gasteiger partial charge in [0.05, 0.1) is 7.11 Å². The number of methoxy groups -OCH3 is 1. The van der Waals surface area contributed by atoms with E-state index in [-0.39, 0.29) is 0 Å². The van der Waals surface area contributed by atoms with E-state index in [1.807, 2.05) is 42.5 Å². The van der Waals surface area contributed by atoms with E-state index < -0.39 is 11.8 Å². The van der Waals surface area contributed by atoms with Crippen LogP contribution in [0, 0.1) is 0 Å². The smallest absolute Gasteiger partial charge is 0.312 e. The van der Waals surface area contributed by atoms with E-state index in [9.17, 15) is 9.59 Å². The summed E-state index contributed by atoms with van der Waals surface area (Å²) in [6.45, 7) is 3.01. The van der Waals surface area contributed by atoms with Gasteiger partial charge in [-0.2, -0.15) is 0 Å². The van der Waals surface area contributed by atoms with Gasteiger partial charge in [0.15, 0.2) is 0 Å². The predicted octanol–water partition coefficient (Wildman–Crippen LogP) is 2.09. The van der Waals surface area contributed by atoms with Crippen molar-refractivity contribution in [3.8, 4) is 5.75 Å². The van der Waals surface area contributed by atoms with Gasteiger partial charge in [0.25, 0.3) is 0 Å². The molecule has 1 fully saturated rings. The number of benzene rings is 2. The molecule has 0 aromatic heterocycles. The summed E-state index contributed by atoms with van der Waals surface area (Å²) >= 11 is 0. The Hall–Kier alpha value is -3.02. The molecule has 0 saturated carbocycles. The molecule has 148 valence electrons. The summed E-state index contributed by atoms with van der Waals surface area (Å²) in [5.74, 6) is -0.124. The molecule has 0 radical (unpaired) electrons. The maximum Gasteiger partial charge on any atom is 0.312 e. The van der Waals surface area contributed by atoms with Gasteiger partial charge < -0.3 is 19.9 Å². The van der Waals surface area contributed by atoms with Crippen molar-refractivity contribution in [3.63, 3.8) is 0 Å². The lowest BCUT2D eigenvalue weighted by Gasteiger charge is -2.35. The van der Waals surface area contributed by atoms with Gasteiger partial charge in [-0.15, -0.1) is 0 Å². The minimum absolute atomic E-state index is 0.436. The Labute approximate surface area is 166 Å². The number of ether oxygens (including phenoxy) is 1. The summed E-state index contributed by atoms with van der Waals surface area (Å²) in [4.78, 5) is 28.4. The number of nitrogens with zero attached hydrogens (tertiary/aromatic N) is 2. The Bertz CT molecular complexity index is 769. The van der Waals surface area contributed by atoms with Crippen LogP contribution < -0.4 is 15.0 Å². The van der Waals surface area contributed by atoms with Gasteiger partial charge in [0.2, 0.25) is 0 Å². The van der Waals surface area contributed by atoms with Gasteiger partial charge >= 0.3 is 11.8 Å². The fraction of sp³-hybridized carbons (Fsp3) is 0.364. The highest BCUT2D eigenvalue weighted by Crippen LogP contribution is 2.20. The second-order valence-corrected chi connectivity index (χ2v) is 6.82. The van der Waals surface area contributed by atoms with Gasteiger partial charge in [0, 0.05) is 38.4 Å². The van der Waals surface area contributed by atoms with Crippen molar-refractivity contribution in [1.82, 2.24) is 10.2 Å². The molecule has 2 aromatic carbocycles. The Morgan fingerprint density at radius 1 is 0.964 bits per heavy atom. The Morgan fingerprint density at radius 2 is 1.64 bits per heavy atom. The standard InChI is InChI=1S/C22H27N3O3/c1-28-20-11-9-19(10-12-20)24-14-16-25(17-15-24)22(27)21(26)23-13-5-8-18-6-3-2-4-7-18/h2-4,6-7,9-12H,5,8,13-17H2,1H3,(H,23,26). The first-order valence-corrected chi connectivity index (χ1v) is 9.67. The normalized spacial score (nSPS) is 13.9. The largest absolute Gasteiger partial charge is 0.497 e. The van der Waals surface area contributed by atoms with Crippen LogP contribution in [0.2, 0.25) is 0 Å². The Kier molecular flexibility index (Phi) is 6.89. The first kappa shape index (κ1) is 19.7. The van der Waals surface area contributed by atoms with Gasteiger partial charge in [-0.05, 0) is 42.7 Å². The fourth-order valence-electron chi connectivity index (χ4n) is 3.32. The average Bonchev–Trinajstić information content (AvgIpc) is 2.77. The van der Waals surface area contributed by atoms with Gasteiger partial charge in [-0.25, -0.2) is 0 Å². The minimum atomic E-state index is -0.508. The molecule has 1 heterocycles. The van der Waals surface area contributed by atoms with Crippen molar-refractivity contribution in [3.05, 3.63) is 60.2 Å². The number of carbonyl (C=O) groups excluding carboxylic acids is 2. The zero-order chi connectivity index (χ0) is 19.8. The van der Waals surface area contributed by atoms with Crippen molar-refractivity contribution < 1.29 is 14.3 Å². The van der Waals surface area contributed by atoms with E-state index in [4.69, 9.17) is 4.74 Å². The molecule has 3 rings (SSSR count). The third-order valence-electron chi connectivity index (χ3n) is 4.97. The second kappa shape index (κ2) is 9.78. The van der Waals surface area contributed by atoms with Crippen LogP contribution in [0.4, 0.5) is 5.69 Å². The number of anilines is 1. The van der Waals surface area contributed by atoms with Gasteiger partial charge in [-0.1, -0.05) is 30.3 Å². The number of hydrogen-bond acceptors (Lipinski definition) is 4. The molecular weight excluding hydrogens is 354 g/mol. The number of hydrogen-bond donors (Lipinski definition) is 1. The van der Waals surface area contributed by atoms with E-state index in [2.05, 4.69) is 22.3 Å². The van der Waals surface area contributed by atoms with E-state index in [1.54, 1.807) is 12.0 Å². The zero-order valence-electron chi connectivity index (χ0n) is 16.3. The molecule has 1 N–H and O–H groups in total. The van der Waals surface area contributed by atoms with E-state index in [0.717, 1.165) is 24.3 Å². The number of amides is 2. The van der Waals surface area contributed by atoms with Crippen LogP contribution in [0.3, 0.4) is 0 Å². The molecule has 1 aliphatic rings. The molecule has 1 aliphatic heterocycles. The van der Waals surface area contributed by atoms with E-state index >= 15 is 0 Å². The molecule has 1 saturated heterocycles. The van der Waals surface area contributed by atoms with Crippen LogP contribution in [0.5, 0.6) is 5.75 Å². The fourth-order valence-corrected chi connectivity index (χ4v) is 3.32. The van der Waals surface area contributed by atoms with Crippen LogP contribution in [0.1, 0.15) is 12.0 Å². The lowest BCUT2D eigenvalue weighted by atomic mass is 10.1. The molecule has 6 heteroatoms. The summed E-state index contributed by atoms with van der Waals surface area (Å²) < 4.78 is 5.18. The van der Waals surface area contributed by atoms with Crippen molar-refractivity contribution in [2.24, 2.45) is 0 Å². The predicted molar refractivity (Wildman–Crippen MR) is 110 cm³/mol. The summed E-state index contributed by atoms with van der Waals surface area (Å²) in [5.41, 5.74) is 2.33. The van der Waals surface area contributed by atoms with Crippen molar-refractivity contribution in [2.45, 2.75) is 12.8 Å². The highest BCUT2D eigenvalue weighted by Gasteiger charge is 2.25. The number of nitrogens with one attached hydrogen (secondary N) is 1. The SMILES string of the molecule is COc1ccc(N2CCN(C(=O)C(=O)NCCCc3ccccc3)CC2)cc1. The molecule has 0 aliphatic carbocycles. The molecule has 0 atom stereocenters. The molecule has 2 aromatic rings. The maximum absolute atomic E-state index is 12.4. The first-order valence-electron chi connectivity index (χ1n) is 9.67. The summed E-state index contributed by atoms with van der Waals surface area (Å²) in [6, 6.07) is 18.0. The van der Waals surface area contributed by atoms with Gasteiger partial charge in [-0.3, -0.25) is 9.59 Å². The lowest BCUT2D eigenvalue weighted by Crippen LogP contribution is -2.52. The third-order valence-corrected chi connectivity index (χ3v) is 4.97. The number of piperazine rings is 1. The lowest BCUT2D eigenvalue weighted by molar-refractivity contribution is -0.146. The summed E-state index contributed by atoms with van der Waals surface area (Å²) in [5, 5.41) is 2.75. The van der Waals surface area contributed by atoms with Crippen LogP contribution in [0.25, 0.3) is 0 Å². The summed E-state index contributed by atoms with van der Waals surface area (Å²) in [6.07, 6.45) is 1.70. The third kappa shape index (κ3) is 5.25. The zero-order valence-corrected chi connectivity index (χ0v) is 16.3. The number of aryl methyl sites for hydroxylation is 1. The molecule has 0 unspecified atom stereocenters. The average molecular weight is 381 g/mol. The molecule has 28 heavy (non-hydrogen) atoms. The highest BCUT2D eigenvalue weighted by molar-refractivity contribution is 6.35. The van der Waals surface area contributed by atoms with Gasteiger partial charge in [0.1, 0.15) is 5.75 Å². The summed E-state index contributed by atoms with van der Waals surface area (Å²) in [7, 11) is 1.64. The monoisotopic (exact) mass is 381 g/mol. The maximum atomic E-state index is 12.4. The van der Waals surface area contributed by atoms with E-state index in [1.165, 1.54) is 5.56 Å². The van der Waals surface area contributed by atoms with E-state index in [0.29, 0.717) is 32.7 Å². The second-order valence-electron chi connectivity index (χ2n) is 6.82. The van der Waals surface area contributed by atoms with Crippen LogP contribution in [-0.2, 0) is 16.0 Å². The molecule has 6 nitrogen and oxygen atoms in total. The van der Waals surface area contributed by atoms with Crippen LogP contribution >= 0.6 is 0 Å². The molecular formula is C22H27N3O3. The van der Waals surface area contributed by atoms with Crippen molar-refractivity contribution >= 4 is 17.5 Å². The van der Waals surface area contributed by atoms with Crippen molar-refractivity contribution in [2.75, 3.05) is 44.7 Å². The topological polar surface area (TPSA) is 61.9 Å².